The second-order valence-corrected chi connectivity index (χ2v) is 10.9. The average molecular weight is 597 g/mol. The zero-order chi connectivity index (χ0) is 30.4. The molecule has 0 bridgehead atoms. The van der Waals surface area contributed by atoms with Gasteiger partial charge in [-0.1, -0.05) is 26.0 Å². The smallest absolute Gasteiger partial charge is 0.416 e. The van der Waals surface area contributed by atoms with E-state index in [0.717, 1.165) is 18.2 Å². The van der Waals surface area contributed by atoms with E-state index in [4.69, 9.17) is 18.4 Å². The summed E-state index contributed by atoms with van der Waals surface area (Å²) in [7, 11) is -0.399. The molecule has 9 nitrogen and oxygen atoms in total. The molecule has 3 aromatic carbocycles. The van der Waals surface area contributed by atoms with E-state index >= 15 is 0 Å². The van der Waals surface area contributed by atoms with Crippen molar-refractivity contribution in [3.63, 3.8) is 0 Å². The van der Waals surface area contributed by atoms with Crippen LogP contribution in [0.2, 0.25) is 0 Å². The van der Waals surface area contributed by atoms with Crippen LogP contribution in [0.25, 0.3) is 0 Å². The first-order valence-electron chi connectivity index (χ1n) is 12.3. The summed E-state index contributed by atoms with van der Waals surface area (Å²) >= 11 is 0. The van der Waals surface area contributed by atoms with Crippen molar-refractivity contribution in [1.82, 2.24) is 4.90 Å². The quantitative estimate of drug-likeness (QED) is 0.263. The molecule has 0 aliphatic heterocycles. The molecule has 0 aliphatic rings. The van der Waals surface area contributed by atoms with Gasteiger partial charge in [0, 0.05) is 19.2 Å². The van der Waals surface area contributed by atoms with Crippen LogP contribution in [-0.2, 0) is 22.8 Å². The molecular formula is C28H31F3N2O7S. The van der Waals surface area contributed by atoms with E-state index in [0.29, 0.717) is 35.4 Å². The summed E-state index contributed by atoms with van der Waals surface area (Å²) in [5.74, 6) is 0.803. The van der Waals surface area contributed by atoms with Crippen LogP contribution in [0, 0.1) is 5.92 Å². The first-order valence-corrected chi connectivity index (χ1v) is 13.7. The lowest BCUT2D eigenvalue weighted by molar-refractivity contribution is -0.137. The maximum atomic E-state index is 13.3. The van der Waals surface area contributed by atoms with E-state index in [-0.39, 0.29) is 24.0 Å². The van der Waals surface area contributed by atoms with Gasteiger partial charge in [-0.2, -0.15) is 21.6 Å². The van der Waals surface area contributed by atoms with Gasteiger partial charge >= 0.3 is 22.3 Å². The van der Waals surface area contributed by atoms with Gasteiger partial charge in [0.1, 0.15) is 16.4 Å². The lowest BCUT2D eigenvalue weighted by atomic mass is 10.1. The van der Waals surface area contributed by atoms with Crippen LogP contribution in [0.4, 0.5) is 23.7 Å². The molecule has 0 saturated carbocycles. The predicted molar refractivity (Wildman–Crippen MR) is 146 cm³/mol. The number of carbonyl (C=O) groups is 1. The van der Waals surface area contributed by atoms with Crippen molar-refractivity contribution in [3.05, 3.63) is 71.8 Å². The third-order valence-corrected chi connectivity index (χ3v) is 7.00. The Hall–Kier alpha value is -4.13. The number of anilines is 1. The van der Waals surface area contributed by atoms with Gasteiger partial charge in [-0.05, 0) is 53.9 Å². The molecule has 41 heavy (non-hydrogen) atoms. The fraction of sp³-hybridized carbons (Fsp3) is 0.321. The number of nitrogens with zero attached hydrogens (tertiary/aromatic N) is 1. The van der Waals surface area contributed by atoms with E-state index in [1.54, 1.807) is 24.3 Å². The number of hydrogen-bond acceptors (Lipinski definition) is 7. The van der Waals surface area contributed by atoms with Gasteiger partial charge in [0.2, 0.25) is 0 Å². The van der Waals surface area contributed by atoms with Crippen molar-refractivity contribution in [2.75, 3.05) is 33.2 Å². The Bertz CT molecular complexity index is 1480. The highest BCUT2D eigenvalue weighted by Gasteiger charge is 2.32. The molecule has 0 saturated heterocycles. The van der Waals surface area contributed by atoms with Crippen molar-refractivity contribution < 1.29 is 44.8 Å². The van der Waals surface area contributed by atoms with E-state index in [1.807, 2.05) is 13.8 Å². The third kappa shape index (κ3) is 8.19. The number of ether oxygens (including phenoxy) is 3. The predicted octanol–water partition coefficient (Wildman–Crippen LogP) is 6.19. The molecule has 0 unspecified atom stereocenters. The lowest BCUT2D eigenvalue weighted by Crippen LogP contribution is -2.37. The molecule has 3 aromatic rings. The number of halogens is 3. The molecule has 222 valence electrons. The summed E-state index contributed by atoms with van der Waals surface area (Å²) in [6.07, 6.45) is -4.74. The number of nitrogens with one attached hydrogen (secondary N) is 1. The van der Waals surface area contributed by atoms with Gasteiger partial charge in [0.15, 0.2) is 11.5 Å². The fourth-order valence-corrected chi connectivity index (χ4v) is 4.83. The van der Waals surface area contributed by atoms with Gasteiger partial charge in [-0.3, -0.25) is 0 Å². The molecule has 0 aromatic heterocycles. The maximum absolute atomic E-state index is 13.3. The third-order valence-electron chi connectivity index (χ3n) is 5.77. The van der Waals surface area contributed by atoms with Gasteiger partial charge in [0.25, 0.3) is 0 Å². The first kappa shape index (κ1) is 31.4. The summed E-state index contributed by atoms with van der Waals surface area (Å²) in [5.41, 5.74) is -0.234. The monoisotopic (exact) mass is 596 g/mol. The van der Waals surface area contributed by atoms with Gasteiger partial charge in [-0.25, -0.2) is 4.79 Å². The summed E-state index contributed by atoms with van der Waals surface area (Å²) in [6, 6.07) is 12.2. The highest BCUT2D eigenvalue weighted by atomic mass is 32.2. The zero-order valence-corrected chi connectivity index (χ0v) is 23.9. The van der Waals surface area contributed by atoms with E-state index in [1.165, 1.54) is 38.4 Å². The number of methoxy groups -OCH3 is 3. The summed E-state index contributed by atoms with van der Waals surface area (Å²) in [4.78, 5) is 14.1. The number of alkyl halides is 3. The standard InChI is InChI=1S/C28H31F3N2O7S/c1-18(2)16-33(27(34)32-23-11-10-21(37-3)15-25(23)39-5)17-19-9-12-24(38-4)26(13-19)40-41(35,36)22-8-6-7-20(14-22)28(29,30)31/h6-15,18H,16-17H2,1-5H3,(H,32,34). The van der Waals surface area contributed by atoms with Gasteiger partial charge in [0.05, 0.1) is 32.6 Å². The average Bonchev–Trinajstić information content (AvgIpc) is 2.92. The van der Waals surface area contributed by atoms with E-state index < -0.39 is 32.8 Å². The molecule has 0 radical (unpaired) electrons. The van der Waals surface area contributed by atoms with Crippen molar-refractivity contribution in [2.45, 2.75) is 31.5 Å². The minimum absolute atomic E-state index is 0.0344. The Morgan fingerprint density at radius 1 is 0.902 bits per heavy atom. The molecule has 13 heteroatoms. The summed E-state index contributed by atoms with van der Waals surface area (Å²) < 4.78 is 86.2. The number of rotatable bonds is 11. The van der Waals surface area contributed by atoms with Gasteiger partial charge in [-0.15, -0.1) is 0 Å². The largest absolute Gasteiger partial charge is 0.497 e. The van der Waals surface area contributed by atoms with Crippen molar-refractivity contribution >= 4 is 21.8 Å². The normalized spacial score (nSPS) is 11.6. The second-order valence-electron chi connectivity index (χ2n) is 9.32. The van der Waals surface area contributed by atoms with Crippen LogP contribution in [0.5, 0.6) is 23.0 Å². The summed E-state index contributed by atoms with van der Waals surface area (Å²) in [6.45, 7) is 4.25. The highest BCUT2D eigenvalue weighted by molar-refractivity contribution is 7.87. The van der Waals surface area contributed by atoms with Crippen molar-refractivity contribution in [2.24, 2.45) is 5.92 Å². The van der Waals surface area contributed by atoms with Gasteiger partial charge < -0.3 is 28.6 Å². The zero-order valence-electron chi connectivity index (χ0n) is 23.1. The molecule has 3 rings (SSSR count). The van der Waals surface area contributed by atoms with Crippen molar-refractivity contribution in [3.8, 4) is 23.0 Å². The minimum atomic E-state index is -4.74. The van der Waals surface area contributed by atoms with Crippen LogP contribution in [0.1, 0.15) is 25.0 Å². The molecule has 0 fully saturated rings. The number of benzene rings is 3. The van der Waals surface area contributed by atoms with Crippen LogP contribution >= 0.6 is 0 Å². The van der Waals surface area contributed by atoms with E-state index in [9.17, 15) is 26.4 Å². The molecule has 2 amide bonds. The van der Waals surface area contributed by atoms with Crippen LogP contribution in [0.15, 0.2) is 65.6 Å². The fourth-order valence-electron chi connectivity index (χ4n) is 3.86. The number of amides is 2. The molecule has 0 heterocycles. The van der Waals surface area contributed by atoms with E-state index in [2.05, 4.69) is 5.32 Å². The van der Waals surface area contributed by atoms with Crippen LogP contribution in [-0.4, -0.2) is 47.2 Å². The number of hydrogen-bond donors (Lipinski definition) is 1. The SMILES string of the molecule is COc1ccc(NC(=O)N(Cc2ccc(OC)c(OS(=O)(=O)c3cccc(C(F)(F)F)c3)c2)CC(C)C)c(OC)c1. The Morgan fingerprint density at radius 3 is 2.22 bits per heavy atom. The highest BCUT2D eigenvalue weighted by Crippen LogP contribution is 2.34. The molecule has 1 N–H and O–H groups in total. The van der Waals surface area contributed by atoms with Crippen LogP contribution in [0.3, 0.4) is 0 Å². The maximum Gasteiger partial charge on any atom is 0.416 e. The second kappa shape index (κ2) is 13.0. The minimum Gasteiger partial charge on any atom is -0.497 e. The van der Waals surface area contributed by atoms with Crippen molar-refractivity contribution in [1.29, 1.82) is 0 Å². The first-order chi connectivity index (χ1) is 19.3. The molecule has 0 spiro atoms. The lowest BCUT2D eigenvalue weighted by Gasteiger charge is -2.26. The number of carbonyl (C=O) groups excluding carboxylic acids is 1. The Labute approximate surface area is 236 Å². The molecular weight excluding hydrogens is 565 g/mol. The topological polar surface area (TPSA) is 103 Å². The number of urea groups is 1. The molecule has 0 atom stereocenters. The van der Waals surface area contributed by atoms with Crippen LogP contribution < -0.4 is 23.7 Å². The Balaban J connectivity index is 1.89. The summed E-state index contributed by atoms with van der Waals surface area (Å²) in [5, 5.41) is 2.82. The molecule has 0 aliphatic carbocycles. The Kier molecular flexibility index (Phi) is 9.97. The Morgan fingerprint density at radius 2 is 1.61 bits per heavy atom.